The smallest absolute Gasteiger partial charge is 0.356 e. The van der Waals surface area contributed by atoms with Gasteiger partial charge in [0.1, 0.15) is 11.7 Å². The van der Waals surface area contributed by atoms with Crippen LogP contribution in [0.4, 0.5) is 5.69 Å². The zero-order valence-electron chi connectivity index (χ0n) is 12.1. The van der Waals surface area contributed by atoms with Crippen molar-refractivity contribution >= 4 is 16.7 Å². The third-order valence-electron chi connectivity index (χ3n) is 4.01. The summed E-state index contributed by atoms with van der Waals surface area (Å²) in [5, 5.41) is 10.2. The average molecular weight is 284 g/mol. The van der Waals surface area contributed by atoms with Gasteiger partial charge in [0, 0.05) is 18.5 Å². The van der Waals surface area contributed by atoms with Gasteiger partial charge in [0.15, 0.2) is 5.56 Å². The van der Waals surface area contributed by atoms with Crippen molar-refractivity contribution in [2.45, 2.75) is 13.8 Å². The molecule has 21 heavy (non-hydrogen) atoms. The maximum absolute atomic E-state index is 12.1. The molecule has 1 fully saturated rings. The van der Waals surface area contributed by atoms with E-state index in [2.05, 4.69) is 0 Å². The summed E-state index contributed by atoms with van der Waals surface area (Å²) in [7, 11) is 0. The van der Waals surface area contributed by atoms with Gasteiger partial charge in [0.05, 0.1) is 18.9 Å². The van der Waals surface area contributed by atoms with Crippen LogP contribution in [0.15, 0.2) is 21.3 Å². The molecule has 1 aromatic carbocycles. The summed E-state index contributed by atoms with van der Waals surface area (Å²) in [6, 6.07) is 5.91. The molecule has 1 aliphatic rings. The van der Waals surface area contributed by atoms with Crippen LogP contribution in [0.2, 0.25) is 0 Å². The first-order valence-electron chi connectivity index (χ1n) is 6.93. The first-order chi connectivity index (χ1) is 10.1. The molecule has 1 saturated heterocycles. The van der Waals surface area contributed by atoms with E-state index < -0.39 is 5.63 Å². The van der Waals surface area contributed by atoms with Crippen molar-refractivity contribution < 1.29 is 9.15 Å². The van der Waals surface area contributed by atoms with Crippen molar-refractivity contribution in [3.63, 3.8) is 0 Å². The van der Waals surface area contributed by atoms with E-state index in [1.807, 2.05) is 36.9 Å². The van der Waals surface area contributed by atoms with Crippen LogP contribution in [0.25, 0.3) is 11.0 Å². The summed E-state index contributed by atoms with van der Waals surface area (Å²) >= 11 is 0. The van der Waals surface area contributed by atoms with E-state index in [0.29, 0.717) is 37.6 Å². The molecule has 5 heteroatoms. The predicted octanol–water partition coefficient (Wildman–Crippen LogP) is 2.12. The van der Waals surface area contributed by atoms with Crippen molar-refractivity contribution in [3.05, 3.63) is 39.2 Å². The number of morpholine rings is 1. The fourth-order valence-corrected chi connectivity index (χ4v) is 2.70. The highest BCUT2D eigenvalue weighted by Crippen LogP contribution is 2.31. The number of hydrogen-bond donors (Lipinski definition) is 0. The van der Waals surface area contributed by atoms with Crippen molar-refractivity contribution in [2.75, 3.05) is 31.2 Å². The van der Waals surface area contributed by atoms with Crippen LogP contribution in [0, 0.1) is 25.2 Å². The van der Waals surface area contributed by atoms with Crippen LogP contribution < -0.4 is 10.5 Å². The number of ether oxygens (including phenoxy) is 1. The van der Waals surface area contributed by atoms with Gasteiger partial charge in [-0.05, 0) is 31.0 Å². The Labute approximate surface area is 122 Å². The lowest BCUT2D eigenvalue weighted by Gasteiger charge is -2.30. The highest BCUT2D eigenvalue weighted by Gasteiger charge is 2.22. The van der Waals surface area contributed by atoms with Gasteiger partial charge in [-0.15, -0.1) is 0 Å². The molecule has 0 atom stereocenters. The number of benzene rings is 1. The standard InChI is InChI=1S/C16H16N2O3/c1-10-3-4-12-14(18-5-7-20-8-6-18)13(9-17)16(19)21-15(12)11(10)2/h3-4H,5-8H2,1-2H3. The molecule has 0 aliphatic carbocycles. The summed E-state index contributed by atoms with van der Waals surface area (Å²) < 4.78 is 10.7. The predicted molar refractivity (Wildman–Crippen MR) is 79.7 cm³/mol. The normalized spacial score (nSPS) is 15.2. The Balaban J connectivity index is 2.36. The lowest BCUT2D eigenvalue weighted by Crippen LogP contribution is -2.37. The van der Waals surface area contributed by atoms with E-state index in [1.54, 1.807) is 0 Å². The zero-order valence-corrected chi connectivity index (χ0v) is 12.1. The molecule has 2 heterocycles. The monoisotopic (exact) mass is 284 g/mol. The summed E-state index contributed by atoms with van der Waals surface area (Å²) in [4.78, 5) is 14.2. The van der Waals surface area contributed by atoms with E-state index in [1.165, 1.54) is 0 Å². The van der Waals surface area contributed by atoms with Crippen molar-refractivity contribution in [1.29, 1.82) is 5.26 Å². The number of anilines is 1. The topological polar surface area (TPSA) is 66.5 Å². The second-order valence-corrected chi connectivity index (χ2v) is 5.21. The SMILES string of the molecule is Cc1ccc2c(N3CCOCC3)c(C#N)c(=O)oc2c1C. The van der Waals surface area contributed by atoms with Crippen molar-refractivity contribution in [3.8, 4) is 6.07 Å². The van der Waals surface area contributed by atoms with E-state index in [4.69, 9.17) is 9.15 Å². The minimum Gasteiger partial charge on any atom is -0.421 e. The Morgan fingerprint density at radius 3 is 2.62 bits per heavy atom. The quantitative estimate of drug-likeness (QED) is 0.750. The zero-order chi connectivity index (χ0) is 15.0. The molecule has 108 valence electrons. The summed E-state index contributed by atoms with van der Waals surface area (Å²) in [6.07, 6.45) is 0. The second-order valence-electron chi connectivity index (χ2n) is 5.21. The molecule has 3 rings (SSSR count). The molecule has 1 aromatic heterocycles. The fourth-order valence-electron chi connectivity index (χ4n) is 2.70. The largest absolute Gasteiger partial charge is 0.421 e. The van der Waals surface area contributed by atoms with Crippen LogP contribution in [0.1, 0.15) is 16.7 Å². The van der Waals surface area contributed by atoms with Gasteiger partial charge in [0.2, 0.25) is 0 Å². The van der Waals surface area contributed by atoms with E-state index in [0.717, 1.165) is 16.5 Å². The molecular formula is C16H16N2O3. The Kier molecular flexibility index (Phi) is 3.40. The molecule has 0 radical (unpaired) electrons. The number of hydrogen-bond acceptors (Lipinski definition) is 5. The van der Waals surface area contributed by atoms with Gasteiger partial charge in [-0.3, -0.25) is 0 Å². The van der Waals surface area contributed by atoms with E-state index in [-0.39, 0.29) is 5.56 Å². The first-order valence-corrected chi connectivity index (χ1v) is 6.93. The molecule has 0 saturated carbocycles. The molecule has 0 unspecified atom stereocenters. The molecule has 1 aliphatic heterocycles. The molecule has 2 aromatic rings. The number of nitrogens with zero attached hydrogens (tertiary/aromatic N) is 2. The van der Waals surface area contributed by atoms with Crippen LogP contribution >= 0.6 is 0 Å². The minimum atomic E-state index is -0.569. The number of aryl methyl sites for hydroxylation is 2. The number of nitriles is 1. The lowest BCUT2D eigenvalue weighted by molar-refractivity contribution is 0.123. The molecule has 0 spiro atoms. The van der Waals surface area contributed by atoms with E-state index in [9.17, 15) is 10.1 Å². The third kappa shape index (κ3) is 2.18. The summed E-state index contributed by atoms with van der Waals surface area (Å²) in [5.74, 6) is 0. The lowest BCUT2D eigenvalue weighted by atomic mass is 10.0. The van der Waals surface area contributed by atoms with Crippen LogP contribution in [0.3, 0.4) is 0 Å². The van der Waals surface area contributed by atoms with Crippen molar-refractivity contribution in [2.24, 2.45) is 0 Å². The number of rotatable bonds is 1. The molecule has 5 nitrogen and oxygen atoms in total. The minimum absolute atomic E-state index is 0.0765. The Morgan fingerprint density at radius 1 is 1.24 bits per heavy atom. The molecular weight excluding hydrogens is 268 g/mol. The molecule has 0 N–H and O–H groups in total. The Morgan fingerprint density at radius 2 is 1.95 bits per heavy atom. The van der Waals surface area contributed by atoms with Gasteiger partial charge in [-0.2, -0.15) is 5.26 Å². The fraction of sp³-hybridized carbons (Fsp3) is 0.375. The summed E-state index contributed by atoms with van der Waals surface area (Å²) in [6.45, 7) is 6.42. The number of fused-ring (bicyclic) bond motifs is 1. The molecule has 0 amide bonds. The van der Waals surface area contributed by atoms with Gasteiger partial charge < -0.3 is 14.1 Å². The molecule has 0 bridgehead atoms. The van der Waals surface area contributed by atoms with Gasteiger partial charge >= 0.3 is 5.63 Å². The highest BCUT2D eigenvalue weighted by molar-refractivity contribution is 5.95. The highest BCUT2D eigenvalue weighted by atomic mass is 16.5. The van der Waals surface area contributed by atoms with Crippen LogP contribution in [0.5, 0.6) is 0 Å². The Bertz CT molecular complexity index is 796. The van der Waals surface area contributed by atoms with Gasteiger partial charge in [-0.25, -0.2) is 4.79 Å². The third-order valence-corrected chi connectivity index (χ3v) is 4.01. The second kappa shape index (κ2) is 5.23. The van der Waals surface area contributed by atoms with Gasteiger partial charge in [0.25, 0.3) is 0 Å². The average Bonchev–Trinajstić information content (AvgIpc) is 2.51. The van der Waals surface area contributed by atoms with Gasteiger partial charge in [-0.1, -0.05) is 6.07 Å². The van der Waals surface area contributed by atoms with Crippen molar-refractivity contribution in [1.82, 2.24) is 0 Å². The summed E-state index contributed by atoms with van der Waals surface area (Å²) in [5.41, 5.74) is 2.75. The maximum Gasteiger partial charge on any atom is 0.356 e. The maximum atomic E-state index is 12.1. The van der Waals surface area contributed by atoms with Crippen LogP contribution in [-0.2, 0) is 4.74 Å². The van der Waals surface area contributed by atoms with E-state index >= 15 is 0 Å². The van der Waals surface area contributed by atoms with Crippen LogP contribution in [-0.4, -0.2) is 26.3 Å². The first kappa shape index (κ1) is 13.7. The Hall–Kier alpha value is -2.32.